The van der Waals surface area contributed by atoms with Crippen LogP contribution in [0, 0.1) is 0 Å². The summed E-state index contributed by atoms with van der Waals surface area (Å²) in [5.74, 6) is 0.961. The first kappa shape index (κ1) is 21.2. The Hall–Kier alpha value is -3.70. The zero-order valence-electron chi connectivity index (χ0n) is 18.3. The summed E-state index contributed by atoms with van der Waals surface area (Å²) in [6, 6.07) is 3.76. The quantitative estimate of drug-likeness (QED) is 0.574. The molecule has 0 bridgehead atoms. The largest absolute Gasteiger partial charge is 0.491 e. The molecular weight excluding hydrogens is 428 g/mol. The molecule has 0 aliphatic carbocycles. The number of aromatic nitrogens is 3. The maximum atomic E-state index is 12.6. The molecule has 172 valence electrons. The number of amides is 1. The highest BCUT2D eigenvalue weighted by atomic mass is 16.5. The first-order chi connectivity index (χ1) is 16.2. The van der Waals surface area contributed by atoms with E-state index in [0.717, 1.165) is 22.5 Å². The van der Waals surface area contributed by atoms with Gasteiger partial charge in [0.1, 0.15) is 6.23 Å². The van der Waals surface area contributed by atoms with Crippen LogP contribution in [0.1, 0.15) is 28.8 Å². The van der Waals surface area contributed by atoms with Crippen LogP contribution in [0.4, 0.5) is 5.69 Å². The molecule has 2 aliphatic rings. The molecule has 5 heterocycles. The topological polar surface area (TPSA) is 124 Å². The Labute approximate surface area is 190 Å². The Bertz CT molecular complexity index is 1140. The molecule has 11 heteroatoms. The van der Waals surface area contributed by atoms with Gasteiger partial charge in [0.2, 0.25) is 5.76 Å². The lowest BCUT2D eigenvalue weighted by Crippen LogP contribution is -2.38. The van der Waals surface area contributed by atoms with E-state index in [2.05, 4.69) is 25.6 Å². The highest BCUT2D eigenvalue weighted by molar-refractivity contribution is 5.91. The molecular formula is C22H24N6O5. The van der Waals surface area contributed by atoms with E-state index in [1.54, 1.807) is 31.5 Å². The molecule has 2 N–H and O–H groups in total. The Balaban J connectivity index is 1.39. The number of carbonyl (C=O) groups is 1. The molecule has 0 aromatic carbocycles. The Morgan fingerprint density at radius 2 is 2.15 bits per heavy atom. The van der Waals surface area contributed by atoms with Gasteiger partial charge in [0.25, 0.3) is 11.8 Å². The number of nitrogens with one attached hydrogen (secondary N) is 2. The Morgan fingerprint density at radius 3 is 2.94 bits per heavy atom. The van der Waals surface area contributed by atoms with Crippen molar-refractivity contribution < 1.29 is 23.4 Å². The van der Waals surface area contributed by atoms with Crippen LogP contribution in [0.5, 0.6) is 11.6 Å². The lowest BCUT2D eigenvalue weighted by molar-refractivity contribution is -0.0262. The van der Waals surface area contributed by atoms with Gasteiger partial charge in [0.15, 0.2) is 12.1 Å². The molecule has 3 aromatic rings. The van der Waals surface area contributed by atoms with Crippen LogP contribution in [-0.2, 0) is 4.74 Å². The van der Waals surface area contributed by atoms with Gasteiger partial charge in [0.05, 0.1) is 38.9 Å². The van der Waals surface area contributed by atoms with Crippen molar-refractivity contribution in [3.8, 4) is 22.9 Å². The summed E-state index contributed by atoms with van der Waals surface area (Å²) >= 11 is 0. The summed E-state index contributed by atoms with van der Waals surface area (Å²) in [4.78, 5) is 27.1. The van der Waals surface area contributed by atoms with Crippen molar-refractivity contribution in [1.82, 2.24) is 25.2 Å². The second-order valence-electron chi connectivity index (χ2n) is 7.66. The molecule has 5 rings (SSSR count). The van der Waals surface area contributed by atoms with Gasteiger partial charge in [0, 0.05) is 42.3 Å². The van der Waals surface area contributed by atoms with Gasteiger partial charge in [-0.05, 0) is 18.6 Å². The van der Waals surface area contributed by atoms with Crippen molar-refractivity contribution >= 4 is 11.6 Å². The zero-order valence-corrected chi connectivity index (χ0v) is 18.3. The molecule has 3 aromatic heterocycles. The number of ether oxygens (including phenoxy) is 3. The van der Waals surface area contributed by atoms with Gasteiger partial charge < -0.3 is 28.8 Å². The van der Waals surface area contributed by atoms with Crippen molar-refractivity contribution in [2.24, 2.45) is 0 Å². The molecule has 1 fully saturated rings. The van der Waals surface area contributed by atoms with Crippen LogP contribution >= 0.6 is 0 Å². The standard InChI is InChI=1S/C22H24N6O5/c1-30-16-7-13(8-25-20(16)31-2)19-18-15(3-5-24-19)26-11-27-21(18)33-14-4-6-28(10-14)22(29)17-9-23-12-32-17/h3,5,7-9,12,14,21,26-27H,4,6,10-11H2,1-2H3/t14-,21-/m0/s1. The molecule has 0 spiro atoms. The third kappa shape index (κ3) is 4.08. The number of likely N-dealkylation sites (tertiary alicyclic amines) is 1. The molecule has 0 unspecified atom stereocenters. The normalized spacial score (nSPS) is 19.6. The van der Waals surface area contributed by atoms with Gasteiger partial charge in [-0.1, -0.05) is 0 Å². The lowest BCUT2D eigenvalue weighted by Gasteiger charge is -2.31. The van der Waals surface area contributed by atoms with Crippen molar-refractivity contribution in [1.29, 1.82) is 0 Å². The average Bonchev–Trinajstić information content (AvgIpc) is 3.56. The summed E-state index contributed by atoms with van der Waals surface area (Å²) in [6.45, 7) is 1.59. The molecule has 0 radical (unpaired) electrons. The number of carbonyl (C=O) groups excluding carboxylic acids is 1. The third-order valence-electron chi connectivity index (χ3n) is 5.73. The number of methoxy groups -OCH3 is 2. The number of oxazole rings is 1. The number of nitrogens with zero attached hydrogens (tertiary/aromatic N) is 4. The molecule has 0 saturated carbocycles. The summed E-state index contributed by atoms with van der Waals surface area (Å²) in [5, 5.41) is 6.69. The molecule has 1 amide bonds. The summed E-state index contributed by atoms with van der Waals surface area (Å²) < 4.78 is 22.2. The molecule has 1 saturated heterocycles. The van der Waals surface area contributed by atoms with Gasteiger partial charge in [-0.15, -0.1) is 0 Å². The van der Waals surface area contributed by atoms with Crippen LogP contribution in [0.2, 0.25) is 0 Å². The lowest BCUT2D eigenvalue weighted by atomic mass is 10.0. The van der Waals surface area contributed by atoms with E-state index >= 15 is 0 Å². The minimum Gasteiger partial charge on any atom is -0.491 e. The predicted octanol–water partition coefficient (Wildman–Crippen LogP) is 2.05. The number of hydrogen-bond donors (Lipinski definition) is 2. The molecule has 11 nitrogen and oxygen atoms in total. The predicted molar refractivity (Wildman–Crippen MR) is 117 cm³/mol. The maximum Gasteiger partial charge on any atom is 0.291 e. The highest BCUT2D eigenvalue weighted by Gasteiger charge is 2.33. The van der Waals surface area contributed by atoms with E-state index in [0.29, 0.717) is 37.8 Å². The fourth-order valence-electron chi connectivity index (χ4n) is 4.13. The van der Waals surface area contributed by atoms with Gasteiger partial charge in [-0.3, -0.25) is 15.1 Å². The smallest absolute Gasteiger partial charge is 0.291 e. The molecule has 2 aliphatic heterocycles. The minimum atomic E-state index is -0.414. The van der Waals surface area contributed by atoms with Crippen molar-refractivity contribution in [3.63, 3.8) is 0 Å². The minimum absolute atomic E-state index is 0.142. The zero-order chi connectivity index (χ0) is 22.8. The van der Waals surface area contributed by atoms with Crippen LogP contribution < -0.4 is 20.1 Å². The monoisotopic (exact) mass is 452 g/mol. The fraction of sp³-hybridized carbons (Fsp3) is 0.364. The van der Waals surface area contributed by atoms with Crippen molar-refractivity contribution in [2.45, 2.75) is 18.8 Å². The average molecular weight is 452 g/mol. The van der Waals surface area contributed by atoms with Crippen molar-refractivity contribution in [3.05, 3.63) is 48.4 Å². The second-order valence-corrected chi connectivity index (χ2v) is 7.66. The van der Waals surface area contributed by atoms with Crippen LogP contribution in [0.15, 0.2) is 41.5 Å². The van der Waals surface area contributed by atoms with E-state index in [4.69, 9.17) is 18.6 Å². The third-order valence-corrected chi connectivity index (χ3v) is 5.73. The number of fused-ring (bicyclic) bond motifs is 1. The van der Waals surface area contributed by atoms with Crippen LogP contribution in [0.25, 0.3) is 11.3 Å². The number of pyridine rings is 2. The summed E-state index contributed by atoms with van der Waals surface area (Å²) in [6.07, 6.45) is 6.28. The number of hydrogen-bond acceptors (Lipinski definition) is 10. The van der Waals surface area contributed by atoms with E-state index in [1.165, 1.54) is 12.6 Å². The van der Waals surface area contributed by atoms with E-state index in [1.807, 2.05) is 12.1 Å². The first-order valence-electron chi connectivity index (χ1n) is 10.6. The van der Waals surface area contributed by atoms with Crippen LogP contribution in [-0.4, -0.2) is 65.8 Å². The fourth-order valence-corrected chi connectivity index (χ4v) is 4.13. The van der Waals surface area contributed by atoms with Gasteiger partial charge >= 0.3 is 0 Å². The van der Waals surface area contributed by atoms with E-state index in [-0.39, 0.29) is 17.8 Å². The van der Waals surface area contributed by atoms with Gasteiger partial charge in [-0.25, -0.2) is 9.97 Å². The summed E-state index contributed by atoms with van der Waals surface area (Å²) in [5.41, 5.74) is 3.29. The highest BCUT2D eigenvalue weighted by Crippen LogP contribution is 2.38. The first-order valence-corrected chi connectivity index (χ1v) is 10.6. The van der Waals surface area contributed by atoms with Crippen LogP contribution in [0.3, 0.4) is 0 Å². The SMILES string of the molecule is COc1cc(-c2nccc3c2[C@H](O[C@H]2CCN(C(=O)c4cnco4)C2)NCN3)cnc1OC. The van der Waals surface area contributed by atoms with Crippen molar-refractivity contribution in [2.75, 3.05) is 39.3 Å². The molecule has 33 heavy (non-hydrogen) atoms. The second kappa shape index (κ2) is 9.04. The van der Waals surface area contributed by atoms with E-state index < -0.39 is 6.23 Å². The Kier molecular flexibility index (Phi) is 5.80. The number of rotatable bonds is 6. The Morgan fingerprint density at radius 1 is 1.24 bits per heavy atom. The maximum absolute atomic E-state index is 12.6. The number of anilines is 1. The van der Waals surface area contributed by atoms with Gasteiger partial charge in [-0.2, -0.15) is 0 Å². The summed E-state index contributed by atoms with van der Waals surface area (Å²) in [7, 11) is 3.11. The molecule has 2 atom stereocenters. The van der Waals surface area contributed by atoms with E-state index in [9.17, 15) is 4.79 Å².